The molecular formula is C24H23N3O3S. The number of carbonyl (C=O) groups excluding carboxylic acids is 1. The Labute approximate surface area is 185 Å². The van der Waals surface area contributed by atoms with Crippen LogP contribution in [0.2, 0.25) is 0 Å². The molecule has 0 fully saturated rings. The molecule has 0 spiro atoms. The van der Waals surface area contributed by atoms with Crippen LogP contribution in [0.1, 0.15) is 27.6 Å². The number of hydrogen-bond acceptors (Lipinski definition) is 6. The van der Waals surface area contributed by atoms with Crippen LogP contribution in [0.15, 0.2) is 70.1 Å². The molecule has 1 amide bonds. The highest BCUT2D eigenvalue weighted by atomic mass is 32.2. The molecular weight excluding hydrogens is 410 g/mol. The SMILES string of the molecule is COc1ccc2cc(CN(C)C(=O)c3ccccc3SCc3noc(C)n3)ccc2c1. The third-order valence-corrected chi connectivity index (χ3v) is 5.99. The smallest absolute Gasteiger partial charge is 0.255 e. The van der Waals surface area contributed by atoms with Gasteiger partial charge in [-0.25, -0.2) is 0 Å². The Morgan fingerprint density at radius 2 is 1.87 bits per heavy atom. The van der Waals surface area contributed by atoms with Crippen molar-refractivity contribution in [1.82, 2.24) is 15.0 Å². The third kappa shape index (κ3) is 4.88. The number of ether oxygens (including phenoxy) is 1. The van der Waals surface area contributed by atoms with Gasteiger partial charge >= 0.3 is 0 Å². The predicted molar refractivity (Wildman–Crippen MR) is 121 cm³/mol. The second-order valence-corrected chi connectivity index (χ2v) is 8.24. The Kier molecular flexibility index (Phi) is 6.23. The van der Waals surface area contributed by atoms with Crippen molar-refractivity contribution >= 4 is 28.4 Å². The number of aryl methyl sites for hydroxylation is 1. The highest BCUT2D eigenvalue weighted by Crippen LogP contribution is 2.27. The minimum absolute atomic E-state index is 0.0257. The van der Waals surface area contributed by atoms with Crippen molar-refractivity contribution < 1.29 is 14.1 Å². The van der Waals surface area contributed by atoms with Gasteiger partial charge in [0.15, 0.2) is 5.82 Å². The Morgan fingerprint density at radius 3 is 2.65 bits per heavy atom. The zero-order valence-electron chi connectivity index (χ0n) is 17.7. The van der Waals surface area contributed by atoms with E-state index in [0.717, 1.165) is 27.0 Å². The molecule has 0 bridgehead atoms. The lowest BCUT2D eigenvalue weighted by atomic mass is 10.1. The molecule has 0 aliphatic carbocycles. The number of thioether (sulfide) groups is 1. The van der Waals surface area contributed by atoms with E-state index in [1.165, 1.54) is 11.8 Å². The summed E-state index contributed by atoms with van der Waals surface area (Å²) in [4.78, 5) is 20.0. The Hall–Kier alpha value is -3.32. The van der Waals surface area contributed by atoms with Gasteiger partial charge in [0.2, 0.25) is 5.89 Å². The number of methoxy groups -OCH3 is 1. The average Bonchev–Trinajstić information content (AvgIpc) is 3.22. The van der Waals surface area contributed by atoms with Crippen LogP contribution in [0.3, 0.4) is 0 Å². The highest BCUT2D eigenvalue weighted by Gasteiger charge is 2.17. The number of rotatable bonds is 7. The lowest BCUT2D eigenvalue weighted by Crippen LogP contribution is -2.26. The van der Waals surface area contributed by atoms with Crippen molar-refractivity contribution in [2.24, 2.45) is 0 Å². The number of fused-ring (bicyclic) bond motifs is 1. The Bertz CT molecular complexity index is 1220. The highest BCUT2D eigenvalue weighted by molar-refractivity contribution is 7.98. The minimum atomic E-state index is -0.0257. The van der Waals surface area contributed by atoms with E-state index in [2.05, 4.69) is 22.3 Å². The summed E-state index contributed by atoms with van der Waals surface area (Å²) in [5.41, 5.74) is 1.74. The lowest BCUT2D eigenvalue weighted by molar-refractivity contribution is 0.0781. The summed E-state index contributed by atoms with van der Waals surface area (Å²) in [6, 6.07) is 19.8. The molecule has 7 heteroatoms. The standard InChI is InChI=1S/C24H23N3O3S/c1-16-25-23(26-30-16)15-31-22-7-5-4-6-21(22)24(28)27(2)14-17-8-9-19-13-20(29-3)11-10-18(19)12-17/h4-13H,14-15H2,1-3H3. The van der Waals surface area contributed by atoms with Gasteiger partial charge in [0.05, 0.1) is 18.4 Å². The van der Waals surface area contributed by atoms with E-state index in [9.17, 15) is 4.79 Å². The fourth-order valence-electron chi connectivity index (χ4n) is 3.36. The zero-order valence-corrected chi connectivity index (χ0v) is 18.5. The third-order valence-electron chi connectivity index (χ3n) is 4.92. The van der Waals surface area contributed by atoms with Crippen LogP contribution in [-0.2, 0) is 12.3 Å². The molecule has 3 aromatic carbocycles. The summed E-state index contributed by atoms with van der Waals surface area (Å²) in [6.45, 7) is 2.28. The van der Waals surface area contributed by atoms with Crippen molar-refractivity contribution in [3.63, 3.8) is 0 Å². The van der Waals surface area contributed by atoms with Crippen LogP contribution in [-0.4, -0.2) is 35.1 Å². The van der Waals surface area contributed by atoms with Crippen molar-refractivity contribution in [2.75, 3.05) is 14.2 Å². The van der Waals surface area contributed by atoms with Gasteiger partial charge < -0.3 is 14.2 Å². The maximum absolute atomic E-state index is 13.2. The molecule has 6 nitrogen and oxygen atoms in total. The molecule has 1 heterocycles. The molecule has 4 rings (SSSR count). The second kappa shape index (κ2) is 9.22. The van der Waals surface area contributed by atoms with Crippen LogP contribution in [0.4, 0.5) is 0 Å². The number of nitrogens with zero attached hydrogens (tertiary/aromatic N) is 3. The van der Waals surface area contributed by atoms with E-state index in [1.54, 1.807) is 18.9 Å². The topological polar surface area (TPSA) is 68.5 Å². The summed E-state index contributed by atoms with van der Waals surface area (Å²) in [5, 5.41) is 6.15. The lowest BCUT2D eigenvalue weighted by Gasteiger charge is -2.19. The summed E-state index contributed by atoms with van der Waals surface area (Å²) in [5.74, 6) is 2.50. The van der Waals surface area contributed by atoms with Crippen LogP contribution in [0.5, 0.6) is 5.75 Å². The molecule has 0 aliphatic rings. The number of hydrogen-bond donors (Lipinski definition) is 0. The fourth-order valence-corrected chi connectivity index (χ4v) is 4.25. The first kappa shape index (κ1) is 20.9. The van der Waals surface area contributed by atoms with Gasteiger partial charge in [-0.15, -0.1) is 11.8 Å². The first-order valence-corrected chi connectivity index (χ1v) is 10.8. The van der Waals surface area contributed by atoms with Crippen molar-refractivity contribution in [2.45, 2.75) is 24.1 Å². The van der Waals surface area contributed by atoms with Gasteiger partial charge in [0.1, 0.15) is 5.75 Å². The summed E-state index contributed by atoms with van der Waals surface area (Å²) >= 11 is 1.53. The van der Waals surface area contributed by atoms with Gasteiger partial charge in [0, 0.05) is 25.4 Å². The number of aromatic nitrogens is 2. The first-order chi connectivity index (χ1) is 15.0. The van der Waals surface area contributed by atoms with Crippen LogP contribution in [0, 0.1) is 6.92 Å². The van der Waals surface area contributed by atoms with E-state index in [1.807, 2.05) is 55.6 Å². The molecule has 0 saturated carbocycles. The first-order valence-electron chi connectivity index (χ1n) is 9.86. The maximum atomic E-state index is 13.2. The van der Waals surface area contributed by atoms with Gasteiger partial charge in [-0.05, 0) is 46.7 Å². The maximum Gasteiger partial charge on any atom is 0.255 e. The van der Waals surface area contributed by atoms with Crippen LogP contribution < -0.4 is 4.74 Å². The van der Waals surface area contributed by atoms with Crippen molar-refractivity contribution in [3.8, 4) is 5.75 Å². The Balaban J connectivity index is 1.48. The number of carbonyl (C=O) groups is 1. The van der Waals surface area contributed by atoms with Crippen molar-refractivity contribution in [1.29, 1.82) is 0 Å². The molecule has 0 saturated heterocycles. The minimum Gasteiger partial charge on any atom is -0.497 e. The van der Waals surface area contributed by atoms with E-state index in [0.29, 0.717) is 29.6 Å². The summed E-state index contributed by atoms with van der Waals surface area (Å²) in [7, 11) is 3.49. The molecule has 0 aliphatic heterocycles. The second-order valence-electron chi connectivity index (χ2n) is 7.22. The number of benzene rings is 3. The van der Waals surface area contributed by atoms with Crippen molar-refractivity contribution in [3.05, 3.63) is 83.5 Å². The van der Waals surface area contributed by atoms with Crippen LogP contribution in [0.25, 0.3) is 10.8 Å². The molecule has 1 aromatic heterocycles. The van der Waals surface area contributed by atoms with E-state index in [-0.39, 0.29) is 5.91 Å². The van der Waals surface area contributed by atoms with E-state index >= 15 is 0 Å². The quantitative estimate of drug-likeness (QED) is 0.378. The molecule has 158 valence electrons. The predicted octanol–water partition coefficient (Wildman–Crippen LogP) is 5.10. The molecule has 31 heavy (non-hydrogen) atoms. The molecule has 0 atom stereocenters. The van der Waals surface area contributed by atoms with Gasteiger partial charge in [-0.2, -0.15) is 4.98 Å². The van der Waals surface area contributed by atoms with Gasteiger partial charge in [-0.1, -0.05) is 35.5 Å². The normalized spacial score (nSPS) is 10.9. The summed E-state index contributed by atoms with van der Waals surface area (Å²) in [6.07, 6.45) is 0. The van der Waals surface area contributed by atoms with Crippen LogP contribution >= 0.6 is 11.8 Å². The molecule has 0 unspecified atom stereocenters. The fraction of sp³-hybridized carbons (Fsp3) is 0.208. The summed E-state index contributed by atoms with van der Waals surface area (Å²) < 4.78 is 10.3. The van der Waals surface area contributed by atoms with Gasteiger partial charge in [0.25, 0.3) is 5.91 Å². The molecule has 4 aromatic rings. The number of amides is 1. The van der Waals surface area contributed by atoms with E-state index in [4.69, 9.17) is 9.26 Å². The average molecular weight is 434 g/mol. The van der Waals surface area contributed by atoms with E-state index < -0.39 is 0 Å². The molecule has 0 N–H and O–H groups in total. The monoisotopic (exact) mass is 433 g/mol. The largest absolute Gasteiger partial charge is 0.497 e. The Morgan fingerprint density at radius 1 is 1.10 bits per heavy atom. The molecule has 0 radical (unpaired) electrons. The zero-order chi connectivity index (χ0) is 21.8. The van der Waals surface area contributed by atoms with Gasteiger partial charge in [-0.3, -0.25) is 4.79 Å².